The molecule has 1 saturated heterocycles. The van der Waals surface area contributed by atoms with E-state index in [0.717, 1.165) is 22.0 Å². The highest BCUT2D eigenvalue weighted by Gasteiger charge is 2.27. The Hall–Kier alpha value is -4.55. The number of amides is 2. The smallest absolute Gasteiger partial charge is 0.251 e. The number of ether oxygens (including phenoxy) is 3. The molecule has 0 radical (unpaired) electrons. The Labute approximate surface area is 284 Å². The molecule has 0 spiro atoms. The minimum atomic E-state index is -3.70. The highest BCUT2D eigenvalue weighted by molar-refractivity contribution is 7.99. The van der Waals surface area contributed by atoms with Crippen molar-refractivity contribution in [2.45, 2.75) is 16.6 Å². The van der Waals surface area contributed by atoms with E-state index in [1.165, 1.54) is 47.0 Å². The Balaban J connectivity index is 1.19. The maximum atomic E-state index is 13.2. The average Bonchev–Trinajstić information content (AvgIpc) is 3.73. The summed E-state index contributed by atoms with van der Waals surface area (Å²) in [6.45, 7) is 1.18. The van der Waals surface area contributed by atoms with E-state index in [-0.39, 0.29) is 41.8 Å². The van der Waals surface area contributed by atoms with Gasteiger partial charge in [0, 0.05) is 24.7 Å². The zero-order valence-electron chi connectivity index (χ0n) is 25.9. The number of thiazole rings is 1. The minimum Gasteiger partial charge on any atom is -0.497 e. The Bertz CT molecular complexity index is 2010. The fourth-order valence-corrected chi connectivity index (χ4v) is 7.96. The molecule has 1 aliphatic heterocycles. The number of carbonyl (C=O) groups is 2. The van der Waals surface area contributed by atoms with E-state index < -0.39 is 15.9 Å². The molecule has 6 rings (SSSR count). The van der Waals surface area contributed by atoms with Gasteiger partial charge in [-0.05, 0) is 48.5 Å². The van der Waals surface area contributed by atoms with E-state index in [1.807, 2.05) is 24.3 Å². The molecule has 2 aromatic heterocycles. The number of nitrogens with zero attached hydrogens (tertiary/aromatic N) is 5. The second-order valence-corrected chi connectivity index (χ2v) is 14.2. The molecule has 2 N–H and O–H groups in total. The summed E-state index contributed by atoms with van der Waals surface area (Å²) in [6, 6.07) is 18.6. The third-order valence-electron chi connectivity index (χ3n) is 7.33. The first-order valence-corrected chi connectivity index (χ1v) is 17.9. The molecular weight excluding hydrogens is 679 g/mol. The van der Waals surface area contributed by atoms with Crippen LogP contribution in [0.2, 0.25) is 0 Å². The molecule has 0 unspecified atom stereocenters. The molecule has 2 amide bonds. The van der Waals surface area contributed by atoms with Gasteiger partial charge in [0.05, 0.1) is 60.5 Å². The van der Waals surface area contributed by atoms with Crippen LogP contribution < -0.4 is 20.1 Å². The number of aromatic nitrogens is 4. The Morgan fingerprint density at radius 3 is 2.50 bits per heavy atom. The lowest BCUT2D eigenvalue weighted by atomic mass is 10.2. The van der Waals surface area contributed by atoms with Crippen molar-refractivity contribution in [2.24, 2.45) is 0 Å². The van der Waals surface area contributed by atoms with Gasteiger partial charge < -0.3 is 24.8 Å². The van der Waals surface area contributed by atoms with E-state index in [2.05, 4.69) is 25.8 Å². The molecule has 3 aromatic carbocycles. The van der Waals surface area contributed by atoms with Crippen LogP contribution in [0.5, 0.6) is 11.5 Å². The quantitative estimate of drug-likeness (QED) is 0.182. The monoisotopic (exact) mass is 709 g/mol. The van der Waals surface area contributed by atoms with Crippen LogP contribution in [-0.4, -0.2) is 90.6 Å². The van der Waals surface area contributed by atoms with Crippen molar-refractivity contribution in [3.63, 3.8) is 0 Å². The number of anilines is 1. The van der Waals surface area contributed by atoms with Crippen molar-refractivity contribution in [1.29, 1.82) is 0 Å². The normalized spacial score (nSPS) is 13.7. The molecule has 1 fully saturated rings. The molecule has 0 aliphatic carbocycles. The Morgan fingerprint density at radius 2 is 1.77 bits per heavy atom. The molecule has 250 valence electrons. The highest BCUT2D eigenvalue weighted by atomic mass is 32.2. The third kappa shape index (κ3) is 7.29. The number of methoxy groups -OCH3 is 2. The summed E-state index contributed by atoms with van der Waals surface area (Å²) in [5.41, 5.74) is 1.61. The molecular formula is C31H31N7O7S3. The number of hydrogen-bond donors (Lipinski definition) is 2. The van der Waals surface area contributed by atoms with E-state index in [9.17, 15) is 18.0 Å². The van der Waals surface area contributed by atoms with Crippen LogP contribution in [0.4, 0.5) is 5.13 Å². The van der Waals surface area contributed by atoms with Crippen LogP contribution in [0.3, 0.4) is 0 Å². The van der Waals surface area contributed by atoms with Crippen LogP contribution in [-0.2, 0) is 26.1 Å². The van der Waals surface area contributed by atoms with Crippen molar-refractivity contribution < 1.29 is 32.2 Å². The van der Waals surface area contributed by atoms with Gasteiger partial charge in [0.15, 0.2) is 16.1 Å². The largest absolute Gasteiger partial charge is 0.497 e. The first-order chi connectivity index (χ1) is 23.3. The van der Waals surface area contributed by atoms with Crippen molar-refractivity contribution in [2.75, 3.05) is 51.6 Å². The number of hydrogen-bond acceptors (Lipinski definition) is 12. The van der Waals surface area contributed by atoms with Crippen LogP contribution in [0, 0.1) is 0 Å². The number of carbonyl (C=O) groups excluding carboxylic acids is 2. The van der Waals surface area contributed by atoms with Gasteiger partial charge >= 0.3 is 0 Å². The zero-order chi connectivity index (χ0) is 33.7. The lowest BCUT2D eigenvalue weighted by Crippen LogP contribution is -2.40. The summed E-state index contributed by atoms with van der Waals surface area (Å²) in [4.78, 5) is 30.6. The molecule has 1 aliphatic rings. The van der Waals surface area contributed by atoms with Gasteiger partial charge in [-0.1, -0.05) is 35.2 Å². The van der Waals surface area contributed by atoms with Gasteiger partial charge in [0.2, 0.25) is 15.9 Å². The number of benzene rings is 3. The Kier molecular flexibility index (Phi) is 10.2. The molecule has 0 bridgehead atoms. The van der Waals surface area contributed by atoms with Crippen LogP contribution in [0.1, 0.15) is 16.2 Å². The second-order valence-electron chi connectivity index (χ2n) is 10.3. The summed E-state index contributed by atoms with van der Waals surface area (Å²) >= 11 is 2.54. The first-order valence-electron chi connectivity index (χ1n) is 14.7. The SMILES string of the molecule is COc1ccc(OC)c(-n2c(CNC(=O)c3ccc(S(=O)(=O)N4CCOCC4)cc3)nnc2SCC(=O)Nc2nc3ccccc3s2)c1. The topological polar surface area (TPSA) is 167 Å². The lowest BCUT2D eigenvalue weighted by molar-refractivity contribution is -0.113. The number of rotatable bonds is 12. The maximum absolute atomic E-state index is 13.2. The lowest BCUT2D eigenvalue weighted by Gasteiger charge is -2.26. The average molecular weight is 710 g/mol. The minimum absolute atomic E-state index is 0.00636. The summed E-state index contributed by atoms with van der Waals surface area (Å²) in [6.07, 6.45) is 0. The molecule has 17 heteroatoms. The highest BCUT2D eigenvalue weighted by Crippen LogP contribution is 2.32. The predicted octanol–water partition coefficient (Wildman–Crippen LogP) is 3.58. The summed E-state index contributed by atoms with van der Waals surface area (Å²) in [5.74, 6) is 0.677. The number of sulfonamides is 1. The number of fused-ring (bicyclic) bond motifs is 1. The van der Waals surface area contributed by atoms with Gasteiger partial charge in [-0.3, -0.25) is 14.2 Å². The molecule has 14 nitrogen and oxygen atoms in total. The molecule has 0 atom stereocenters. The predicted molar refractivity (Wildman–Crippen MR) is 181 cm³/mol. The fraction of sp³-hybridized carbons (Fsp3) is 0.258. The van der Waals surface area contributed by atoms with Gasteiger partial charge in [-0.25, -0.2) is 13.4 Å². The van der Waals surface area contributed by atoms with Gasteiger partial charge in [0.25, 0.3) is 5.91 Å². The number of para-hydroxylation sites is 1. The number of nitrogens with one attached hydrogen (secondary N) is 2. The third-order valence-corrected chi connectivity index (χ3v) is 11.1. The van der Waals surface area contributed by atoms with E-state index in [0.29, 0.717) is 46.5 Å². The zero-order valence-corrected chi connectivity index (χ0v) is 28.4. The summed E-state index contributed by atoms with van der Waals surface area (Å²) in [5, 5.41) is 15.2. The van der Waals surface area contributed by atoms with Crippen LogP contribution in [0.15, 0.2) is 76.8 Å². The molecule has 48 heavy (non-hydrogen) atoms. The molecule has 3 heterocycles. The van der Waals surface area contributed by atoms with Crippen molar-refractivity contribution in [3.05, 3.63) is 78.1 Å². The van der Waals surface area contributed by atoms with Gasteiger partial charge in [0.1, 0.15) is 11.5 Å². The van der Waals surface area contributed by atoms with E-state index >= 15 is 0 Å². The van der Waals surface area contributed by atoms with Crippen LogP contribution >= 0.6 is 23.1 Å². The molecule has 5 aromatic rings. The van der Waals surface area contributed by atoms with Gasteiger partial charge in [-0.15, -0.1) is 10.2 Å². The van der Waals surface area contributed by atoms with E-state index in [1.54, 1.807) is 29.9 Å². The number of morpholine rings is 1. The number of thioether (sulfide) groups is 1. The summed E-state index contributed by atoms with van der Waals surface area (Å²) < 4.78 is 46.3. The molecule has 0 saturated carbocycles. The standard InChI is InChI=1S/C31H31N7O7S3/c1-43-21-9-12-25(44-2)24(17-21)38-27(35-36-31(38)46-19-28(39)34-30-33-23-5-3-4-6-26(23)47-30)18-32-29(40)20-7-10-22(11-8-20)48(41,42)37-13-15-45-16-14-37/h3-12,17H,13-16,18-19H2,1-2H3,(H,32,40)(H,33,34,39). The maximum Gasteiger partial charge on any atom is 0.251 e. The fourth-order valence-electron chi connectivity index (χ4n) is 4.91. The van der Waals surface area contributed by atoms with Gasteiger partial charge in [-0.2, -0.15) is 4.31 Å². The van der Waals surface area contributed by atoms with Crippen LogP contribution in [0.25, 0.3) is 15.9 Å². The first kappa shape index (κ1) is 33.4. The van der Waals surface area contributed by atoms with Crippen molar-refractivity contribution >= 4 is 60.3 Å². The Morgan fingerprint density at radius 1 is 1.00 bits per heavy atom. The summed E-state index contributed by atoms with van der Waals surface area (Å²) in [7, 11) is -0.631. The second kappa shape index (κ2) is 14.7. The van der Waals surface area contributed by atoms with E-state index in [4.69, 9.17) is 14.2 Å². The van der Waals surface area contributed by atoms with Crippen molar-refractivity contribution in [3.8, 4) is 17.2 Å². The van der Waals surface area contributed by atoms with Crippen molar-refractivity contribution in [1.82, 2.24) is 29.4 Å².